The Kier molecular flexibility index (Phi) is 7.24. The predicted molar refractivity (Wildman–Crippen MR) is 117 cm³/mol. The maximum Gasteiger partial charge on any atom is 0.240 e. The number of ether oxygens (including phenoxy) is 2. The van der Waals surface area contributed by atoms with Gasteiger partial charge >= 0.3 is 0 Å². The largest absolute Gasteiger partial charge is 0.497 e. The fourth-order valence-electron chi connectivity index (χ4n) is 2.77. The molecule has 0 saturated heterocycles. The summed E-state index contributed by atoms with van der Waals surface area (Å²) in [6, 6.07) is 14.0. The zero-order valence-corrected chi connectivity index (χ0v) is 18.7. The molecule has 0 aliphatic rings. The number of nitrogens with zero attached hydrogens (tertiary/aromatic N) is 3. The number of nitrogens with one attached hydrogen (secondary N) is 1. The second-order valence-corrected chi connectivity index (χ2v) is 8.97. The van der Waals surface area contributed by atoms with Crippen LogP contribution in [0.1, 0.15) is 11.4 Å². The highest BCUT2D eigenvalue weighted by molar-refractivity contribution is 7.89. The molecule has 1 heterocycles. The predicted octanol–water partition coefficient (Wildman–Crippen LogP) is 2.56. The highest BCUT2D eigenvalue weighted by atomic mass is 32.2. The van der Waals surface area contributed by atoms with Crippen LogP contribution in [0.3, 0.4) is 0 Å². The minimum absolute atomic E-state index is 0.195. The molecule has 0 saturated carbocycles. The lowest BCUT2D eigenvalue weighted by atomic mass is 10.1. The van der Waals surface area contributed by atoms with Gasteiger partial charge in [-0.1, -0.05) is 18.2 Å². The van der Waals surface area contributed by atoms with E-state index in [1.165, 1.54) is 30.8 Å². The zero-order chi connectivity index (χ0) is 21.6. The SMILES string of the molecule is COc1ccc(S(=O)(=O)NCCN(C)c2nc(Cc3ccccc3OC)ns2)cc1. The van der Waals surface area contributed by atoms with Crippen molar-refractivity contribution < 1.29 is 17.9 Å². The summed E-state index contributed by atoms with van der Waals surface area (Å²) in [5.41, 5.74) is 1.01. The van der Waals surface area contributed by atoms with E-state index >= 15 is 0 Å². The molecule has 3 rings (SSSR count). The minimum Gasteiger partial charge on any atom is -0.497 e. The van der Waals surface area contributed by atoms with Crippen molar-refractivity contribution in [3.05, 3.63) is 59.9 Å². The van der Waals surface area contributed by atoms with Crippen LogP contribution in [-0.4, -0.2) is 52.1 Å². The first-order valence-corrected chi connectivity index (χ1v) is 11.5. The van der Waals surface area contributed by atoms with Gasteiger partial charge in [-0.15, -0.1) is 0 Å². The summed E-state index contributed by atoms with van der Waals surface area (Å²) in [6.07, 6.45) is 0.568. The lowest BCUT2D eigenvalue weighted by Crippen LogP contribution is -2.33. The molecule has 3 aromatic rings. The smallest absolute Gasteiger partial charge is 0.240 e. The monoisotopic (exact) mass is 448 g/mol. The number of sulfonamides is 1. The van der Waals surface area contributed by atoms with Crippen LogP contribution < -0.4 is 19.1 Å². The summed E-state index contributed by atoms with van der Waals surface area (Å²) >= 11 is 1.28. The van der Waals surface area contributed by atoms with Crippen molar-refractivity contribution in [3.8, 4) is 11.5 Å². The van der Waals surface area contributed by atoms with Gasteiger partial charge in [0.15, 0.2) is 0 Å². The molecular formula is C20H24N4O4S2. The van der Waals surface area contributed by atoms with Crippen LogP contribution in [0.2, 0.25) is 0 Å². The summed E-state index contributed by atoms with van der Waals surface area (Å²) < 4.78 is 42.3. The molecule has 160 valence electrons. The number of aromatic nitrogens is 2. The molecule has 10 heteroatoms. The van der Waals surface area contributed by atoms with Gasteiger partial charge in [-0.3, -0.25) is 0 Å². The molecule has 0 amide bonds. The van der Waals surface area contributed by atoms with Crippen molar-refractivity contribution >= 4 is 26.7 Å². The third kappa shape index (κ3) is 5.47. The van der Waals surface area contributed by atoms with Gasteiger partial charge in [0.05, 0.1) is 19.1 Å². The molecule has 0 bridgehead atoms. The van der Waals surface area contributed by atoms with Gasteiger partial charge in [0.25, 0.3) is 0 Å². The maximum atomic E-state index is 12.4. The van der Waals surface area contributed by atoms with Crippen LogP contribution in [-0.2, 0) is 16.4 Å². The van der Waals surface area contributed by atoms with Crippen LogP contribution >= 0.6 is 11.5 Å². The zero-order valence-electron chi connectivity index (χ0n) is 17.0. The first-order valence-electron chi connectivity index (χ1n) is 9.22. The molecule has 1 aromatic heterocycles. The number of rotatable bonds is 10. The molecule has 0 radical (unpaired) electrons. The fourth-order valence-corrected chi connectivity index (χ4v) is 4.46. The highest BCUT2D eigenvalue weighted by Crippen LogP contribution is 2.22. The lowest BCUT2D eigenvalue weighted by molar-refractivity contribution is 0.410. The van der Waals surface area contributed by atoms with Crippen molar-refractivity contribution in [2.24, 2.45) is 0 Å². The number of hydrogen-bond donors (Lipinski definition) is 1. The Balaban J connectivity index is 1.55. The third-order valence-corrected chi connectivity index (χ3v) is 6.78. The summed E-state index contributed by atoms with van der Waals surface area (Å²) in [5, 5.41) is 0.726. The van der Waals surface area contributed by atoms with Gasteiger partial charge in [-0.2, -0.15) is 4.37 Å². The summed E-state index contributed by atoms with van der Waals surface area (Å²) in [7, 11) is 1.44. The molecule has 1 N–H and O–H groups in total. The Morgan fingerprint density at radius 1 is 1.07 bits per heavy atom. The number of hydrogen-bond acceptors (Lipinski definition) is 8. The van der Waals surface area contributed by atoms with Crippen molar-refractivity contribution in [2.45, 2.75) is 11.3 Å². The molecule has 0 spiro atoms. The van der Waals surface area contributed by atoms with E-state index in [2.05, 4.69) is 14.1 Å². The van der Waals surface area contributed by atoms with E-state index in [0.717, 1.165) is 16.4 Å². The van der Waals surface area contributed by atoms with Gasteiger partial charge in [0.2, 0.25) is 15.2 Å². The molecule has 0 aliphatic carbocycles. The van der Waals surface area contributed by atoms with Crippen LogP contribution in [0, 0.1) is 0 Å². The van der Waals surface area contributed by atoms with Gasteiger partial charge in [0, 0.05) is 43.7 Å². The van der Waals surface area contributed by atoms with Crippen molar-refractivity contribution in [1.29, 1.82) is 0 Å². The number of anilines is 1. The second kappa shape index (κ2) is 9.88. The van der Waals surface area contributed by atoms with Crippen LogP contribution in [0.5, 0.6) is 11.5 Å². The molecule has 0 fully saturated rings. The fraction of sp³-hybridized carbons (Fsp3) is 0.300. The van der Waals surface area contributed by atoms with E-state index in [0.29, 0.717) is 24.5 Å². The second-order valence-electron chi connectivity index (χ2n) is 6.48. The molecule has 8 nitrogen and oxygen atoms in total. The summed E-state index contributed by atoms with van der Waals surface area (Å²) in [5.74, 6) is 2.11. The molecular weight excluding hydrogens is 424 g/mol. The maximum absolute atomic E-state index is 12.4. The normalized spacial score (nSPS) is 11.3. The average Bonchev–Trinajstić information content (AvgIpc) is 3.22. The van der Waals surface area contributed by atoms with Crippen molar-refractivity contribution in [2.75, 3.05) is 39.3 Å². The van der Waals surface area contributed by atoms with Gasteiger partial charge in [-0.25, -0.2) is 18.1 Å². The topological polar surface area (TPSA) is 93.7 Å². The van der Waals surface area contributed by atoms with E-state index in [1.54, 1.807) is 19.2 Å². The van der Waals surface area contributed by atoms with Crippen LogP contribution in [0.25, 0.3) is 0 Å². The first kappa shape index (κ1) is 22.0. The quantitative estimate of drug-likeness (QED) is 0.509. The average molecular weight is 449 g/mol. The number of methoxy groups -OCH3 is 2. The van der Waals surface area contributed by atoms with Gasteiger partial charge < -0.3 is 14.4 Å². The molecule has 0 aliphatic heterocycles. The van der Waals surface area contributed by atoms with Gasteiger partial charge in [0.1, 0.15) is 17.3 Å². The highest BCUT2D eigenvalue weighted by Gasteiger charge is 2.15. The number of para-hydroxylation sites is 1. The third-order valence-electron chi connectivity index (χ3n) is 4.43. The molecule has 0 atom stereocenters. The van der Waals surface area contributed by atoms with Crippen LogP contribution in [0.15, 0.2) is 53.4 Å². The summed E-state index contributed by atoms with van der Waals surface area (Å²) in [4.78, 5) is 6.63. The Bertz CT molecular complexity index is 1070. The Morgan fingerprint density at radius 3 is 2.50 bits per heavy atom. The Labute approximate surface area is 180 Å². The van der Waals surface area contributed by atoms with Crippen molar-refractivity contribution in [1.82, 2.24) is 14.1 Å². The molecule has 2 aromatic carbocycles. The first-order chi connectivity index (χ1) is 14.4. The van der Waals surface area contributed by atoms with E-state index < -0.39 is 10.0 Å². The Morgan fingerprint density at radius 2 is 1.80 bits per heavy atom. The van der Waals surface area contributed by atoms with E-state index in [9.17, 15) is 8.42 Å². The number of benzene rings is 2. The molecule has 0 unspecified atom stereocenters. The lowest BCUT2D eigenvalue weighted by Gasteiger charge is -2.15. The molecule has 30 heavy (non-hydrogen) atoms. The Hall–Kier alpha value is -2.69. The standard InChI is InChI=1S/C20H24N4O4S2/c1-24(13-12-21-30(25,26)17-10-8-16(27-2)9-11-17)20-22-19(23-29-20)14-15-6-4-5-7-18(15)28-3/h4-11,21H,12-14H2,1-3H3. The van der Waals surface area contributed by atoms with E-state index in [-0.39, 0.29) is 11.4 Å². The van der Waals surface area contributed by atoms with E-state index in [1.807, 2.05) is 36.2 Å². The number of likely N-dealkylation sites (N-methyl/N-ethyl adjacent to an activating group) is 1. The summed E-state index contributed by atoms with van der Waals surface area (Å²) in [6.45, 7) is 0.699. The van der Waals surface area contributed by atoms with Gasteiger partial charge in [-0.05, 0) is 30.3 Å². The minimum atomic E-state index is -3.59. The van der Waals surface area contributed by atoms with Crippen molar-refractivity contribution in [3.63, 3.8) is 0 Å². The van der Waals surface area contributed by atoms with Crippen LogP contribution in [0.4, 0.5) is 5.13 Å². The van der Waals surface area contributed by atoms with E-state index in [4.69, 9.17) is 9.47 Å².